The first kappa shape index (κ1) is 20.5. The molecule has 0 bridgehead atoms. The Morgan fingerprint density at radius 1 is 1.41 bits per heavy atom. The number of nitrogens with one attached hydrogen (secondary N) is 1. The van der Waals surface area contributed by atoms with Crippen molar-refractivity contribution in [2.75, 3.05) is 18.1 Å². The number of ether oxygens (including phenoxy) is 1. The third-order valence-corrected chi connectivity index (χ3v) is 6.42. The van der Waals surface area contributed by atoms with E-state index in [4.69, 9.17) is 10.00 Å². The third kappa shape index (κ3) is 5.00. The molecular formula is C19H21N5O4S. The number of carbonyl (C=O) groups excluding carboxylic acids is 1. The van der Waals surface area contributed by atoms with Gasteiger partial charge in [0.1, 0.15) is 5.75 Å². The molecule has 0 unspecified atom stereocenters. The Morgan fingerprint density at radius 3 is 2.76 bits per heavy atom. The van der Waals surface area contributed by atoms with Gasteiger partial charge in [-0.2, -0.15) is 15.5 Å². The summed E-state index contributed by atoms with van der Waals surface area (Å²) in [4.78, 5) is 11.9. The summed E-state index contributed by atoms with van der Waals surface area (Å²) < 4.78 is 30.5. The number of aryl methyl sites for hydroxylation is 1. The standard InChI is InChI=1S/C19H21N5O4S/c1-13-18(14(2)24(23-13)16-7-8-29(26,27)12-16)10-21-22-19(25)11-28-17-5-3-15(9-20)4-6-17/h3-6,10,16H,7-8,11-12H2,1-2H3,(H,22,25)/b21-10-/t16-/m0/s1. The molecule has 1 amide bonds. The Hall–Kier alpha value is -3.19. The summed E-state index contributed by atoms with van der Waals surface area (Å²) in [5, 5.41) is 17.2. The lowest BCUT2D eigenvalue weighted by atomic mass is 10.2. The number of amides is 1. The SMILES string of the molecule is Cc1nn([C@H]2CCS(=O)(=O)C2)c(C)c1/C=N\NC(=O)COc1ccc(C#N)cc1. The largest absolute Gasteiger partial charge is 0.484 e. The fraction of sp³-hybridized carbons (Fsp3) is 0.368. The maximum atomic E-state index is 11.9. The van der Waals surface area contributed by atoms with Gasteiger partial charge in [0.05, 0.1) is 41.1 Å². The zero-order valence-corrected chi connectivity index (χ0v) is 16.9. The summed E-state index contributed by atoms with van der Waals surface area (Å²) in [7, 11) is -3.01. The van der Waals surface area contributed by atoms with E-state index < -0.39 is 15.7 Å². The van der Waals surface area contributed by atoms with Crippen LogP contribution < -0.4 is 10.2 Å². The molecule has 3 rings (SSSR count). The van der Waals surface area contributed by atoms with Crippen LogP contribution in [0, 0.1) is 25.2 Å². The molecule has 1 aliphatic heterocycles. The molecule has 2 aromatic rings. The summed E-state index contributed by atoms with van der Waals surface area (Å²) >= 11 is 0. The molecule has 9 nitrogen and oxygen atoms in total. The highest BCUT2D eigenvalue weighted by atomic mass is 32.2. The van der Waals surface area contributed by atoms with Crippen molar-refractivity contribution in [3.05, 3.63) is 46.8 Å². The molecule has 10 heteroatoms. The maximum Gasteiger partial charge on any atom is 0.277 e. The molecule has 1 aliphatic rings. The third-order valence-electron chi connectivity index (χ3n) is 4.67. The summed E-state index contributed by atoms with van der Waals surface area (Å²) in [6, 6.07) is 8.26. The molecule has 1 fully saturated rings. The number of aromatic nitrogens is 2. The molecule has 0 spiro atoms. The van der Waals surface area contributed by atoms with Crippen molar-refractivity contribution < 1.29 is 17.9 Å². The normalized spacial score (nSPS) is 17.9. The summed E-state index contributed by atoms with van der Waals surface area (Å²) in [6.45, 7) is 3.44. The molecule has 0 radical (unpaired) electrons. The highest BCUT2D eigenvalue weighted by Crippen LogP contribution is 2.26. The van der Waals surface area contributed by atoms with E-state index in [-0.39, 0.29) is 24.2 Å². The van der Waals surface area contributed by atoms with Gasteiger partial charge in [0.2, 0.25) is 0 Å². The van der Waals surface area contributed by atoms with Crippen LogP contribution in [0.25, 0.3) is 0 Å². The molecule has 1 aromatic carbocycles. The minimum absolute atomic E-state index is 0.0922. The molecule has 1 saturated heterocycles. The van der Waals surface area contributed by atoms with E-state index in [2.05, 4.69) is 15.6 Å². The fourth-order valence-electron chi connectivity index (χ4n) is 3.16. The Bertz CT molecular complexity index is 1080. The number of carbonyl (C=O) groups is 1. The summed E-state index contributed by atoms with van der Waals surface area (Å²) in [6.07, 6.45) is 2.04. The maximum absolute atomic E-state index is 11.9. The first-order chi connectivity index (χ1) is 13.8. The lowest BCUT2D eigenvalue weighted by Crippen LogP contribution is -2.24. The van der Waals surface area contributed by atoms with Crippen LogP contribution in [-0.4, -0.2) is 48.4 Å². The average Bonchev–Trinajstić information content (AvgIpc) is 3.19. The minimum atomic E-state index is -3.01. The monoisotopic (exact) mass is 415 g/mol. The van der Waals surface area contributed by atoms with Crippen LogP contribution in [0.2, 0.25) is 0 Å². The molecular weight excluding hydrogens is 394 g/mol. The van der Waals surface area contributed by atoms with Crippen LogP contribution in [0.5, 0.6) is 5.75 Å². The molecule has 1 aromatic heterocycles. The number of hydrazone groups is 1. The Morgan fingerprint density at radius 2 is 2.14 bits per heavy atom. The number of sulfone groups is 1. The fourth-order valence-corrected chi connectivity index (χ4v) is 4.85. The Balaban J connectivity index is 1.57. The zero-order valence-electron chi connectivity index (χ0n) is 16.1. The lowest BCUT2D eigenvalue weighted by molar-refractivity contribution is -0.123. The van der Waals surface area contributed by atoms with Gasteiger partial charge in [-0.1, -0.05) is 0 Å². The van der Waals surface area contributed by atoms with Crippen molar-refractivity contribution in [2.45, 2.75) is 26.3 Å². The van der Waals surface area contributed by atoms with E-state index in [1.54, 1.807) is 28.9 Å². The van der Waals surface area contributed by atoms with E-state index in [9.17, 15) is 13.2 Å². The molecule has 0 aliphatic carbocycles. The van der Waals surface area contributed by atoms with Crippen LogP contribution in [0.15, 0.2) is 29.4 Å². The van der Waals surface area contributed by atoms with Crippen molar-refractivity contribution in [3.8, 4) is 11.8 Å². The van der Waals surface area contributed by atoms with Gasteiger partial charge in [-0.25, -0.2) is 13.8 Å². The number of benzene rings is 1. The molecule has 0 saturated carbocycles. The average molecular weight is 415 g/mol. The van der Waals surface area contributed by atoms with Gasteiger partial charge < -0.3 is 4.74 Å². The van der Waals surface area contributed by atoms with Crippen molar-refractivity contribution in [2.24, 2.45) is 5.10 Å². The van der Waals surface area contributed by atoms with Gasteiger partial charge in [-0.15, -0.1) is 0 Å². The van der Waals surface area contributed by atoms with Crippen LogP contribution >= 0.6 is 0 Å². The molecule has 1 N–H and O–H groups in total. The van der Waals surface area contributed by atoms with E-state index in [1.807, 2.05) is 19.9 Å². The quantitative estimate of drug-likeness (QED) is 0.559. The number of nitriles is 1. The second-order valence-corrected chi connectivity index (χ2v) is 9.03. The van der Waals surface area contributed by atoms with Crippen LogP contribution in [-0.2, 0) is 14.6 Å². The first-order valence-electron chi connectivity index (χ1n) is 9.00. The van der Waals surface area contributed by atoms with Gasteiger partial charge in [-0.3, -0.25) is 9.48 Å². The van der Waals surface area contributed by atoms with Gasteiger partial charge in [-0.05, 0) is 44.5 Å². The zero-order chi connectivity index (χ0) is 21.0. The minimum Gasteiger partial charge on any atom is -0.484 e. The van der Waals surface area contributed by atoms with Crippen LogP contribution in [0.1, 0.15) is 35.0 Å². The van der Waals surface area contributed by atoms with Crippen molar-refractivity contribution >= 4 is 22.0 Å². The number of rotatable bonds is 6. The highest BCUT2D eigenvalue weighted by Gasteiger charge is 2.31. The Kier molecular flexibility index (Phi) is 5.98. The number of hydrogen-bond donors (Lipinski definition) is 1. The lowest BCUT2D eigenvalue weighted by Gasteiger charge is -2.10. The second-order valence-electron chi connectivity index (χ2n) is 6.80. The summed E-state index contributed by atoms with van der Waals surface area (Å²) in [5.41, 5.74) is 5.15. The van der Waals surface area contributed by atoms with E-state index in [0.29, 0.717) is 23.4 Å². The topological polar surface area (TPSA) is 126 Å². The predicted octanol–water partition coefficient (Wildman–Crippen LogP) is 1.26. The van der Waals surface area contributed by atoms with E-state index in [1.165, 1.54) is 6.21 Å². The first-order valence-corrected chi connectivity index (χ1v) is 10.8. The highest BCUT2D eigenvalue weighted by molar-refractivity contribution is 7.91. The van der Waals surface area contributed by atoms with Gasteiger partial charge in [0.25, 0.3) is 5.91 Å². The van der Waals surface area contributed by atoms with Crippen molar-refractivity contribution in [1.82, 2.24) is 15.2 Å². The van der Waals surface area contributed by atoms with Crippen molar-refractivity contribution in [3.63, 3.8) is 0 Å². The molecule has 1 atom stereocenters. The molecule has 29 heavy (non-hydrogen) atoms. The van der Waals surface area contributed by atoms with Crippen molar-refractivity contribution in [1.29, 1.82) is 5.26 Å². The number of hydrogen-bond acceptors (Lipinski definition) is 7. The predicted molar refractivity (Wildman–Crippen MR) is 106 cm³/mol. The van der Waals surface area contributed by atoms with Gasteiger partial charge in [0, 0.05) is 11.3 Å². The van der Waals surface area contributed by atoms with E-state index >= 15 is 0 Å². The molecule has 152 valence electrons. The van der Waals surface area contributed by atoms with Crippen LogP contribution in [0.4, 0.5) is 0 Å². The molecule has 2 heterocycles. The Labute approximate surface area is 168 Å². The van der Waals surface area contributed by atoms with Gasteiger partial charge in [0.15, 0.2) is 16.4 Å². The number of nitrogens with zero attached hydrogens (tertiary/aromatic N) is 4. The second kappa shape index (κ2) is 8.45. The van der Waals surface area contributed by atoms with Crippen LogP contribution in [0.3, 0.4) is 0 Å². The van der Waals surface area contributed by atoms with Gasteiger partial charge >= 0.3 is 0 Å². The smallest absolute Gasteiger partial charge is 0.277 e. The van der Waals surface area contributed by atoms with E-state index in [0.717, 1.165) is 11.3 Å². The summed E-state index contributed by atoms with van der Waals surface area (Å²) in [5.74, 6) is 0.307.